The summed E-state index contributed by atoms with van der Waals surface area (Å²) in [5, 5.41) is 6.82. The zero-order valence-electron chi connectivity index (χ0n) is 8.95. The van der Waals surface area contributed by atoms with Gasteiger partial charge in [-0.05, 0) is 17.7 Å². The van der Waals surface area contributed by atoms with E-state index in [-0.39, 0.29) is 5.69 Å². The fourth-order valence-electron chi connectivity index (χ4n) is 1.92. The second kappa shape index (κ2) is 3.60. The molecule has 0 saturated carbocycles. The molecular weight excluding hydrogens is 218 g/mol. The first-order valence-electron chi connectivity index (χ1n) is 5.22. The largest absolute Gasteiger partial charge is 0.325 e. The van der Waals surface area contributed by atoms with Crippen LogP contribution in [0, 0.1) is 0 Å². The summed E-state index contributed by atoms with van der Waals surface area (Å²) >= 11 is 0. The molecule has 0 bridgehead atoms. The van der Waals surface area contributed by atoms with Gasteiger partial charge in [0.2, 0.25) is 0 Å². The molecule has 6 nitrogen and oxygen atoms in total. The van der Waals surface area contributed by atoms with Crippen LogP contribution in [0.15, 0.2) is 29.2 Å². The SMILES string of the molecule is NCc1[nH]ncc1-c1ccc2[nH]c(=O)[nH]c2c1. The van der Waals surface area contributed by atoms with E-state index in [2.05, 4.69) is 20.2 Å². The maximum Gasteiger partial charge on any atom is 0.323 e. The van der Waals surface area contributed by atoms with Crippen LogP contribution in [0.1, 0.15) is 5.69 Å². The number of fused-ring (bicyclic) bond motifs is 1. The topological polar surface area (TPSA) is 103 Å². The molecule has 0 saturated heterocycles. The lowest BCUT2D eigenvalue weighted by Gasteiger charge is -2.00. The number of hydrogen-bond donors (Lipinski definition) is 4. The lowest BCUT2D eigenvalue weighted by Crippen LogP contribution is -1.99. The Balaban J connectivity index is 2.20. The molecule has 86 valence electrons. The summed E-state index contributed by atoms with van der Waals surface area (Å²) in [5.74, 6) is 0. The Kier molecular flexibility index (Phi) is 2.09. The monoisotopic (exact) mass is 229 g/mol. The Morgan fingerprint density at radius 2 is 2.06 bits per heavy atom. The van der Waals surface area contributed by atoms with Crippen molar-refractivity contribution in [3.8, 4) is 11.1 Å². The number of benzene rings is 1. The van der Waals surface area contributed by atoms with Crippen LogP contribution in [-0.4, -0.2) is 20.2 Å². The molecule has 1 aromatic carbocycles. The van der Waals surface area contributed by atoms with Crippen molar-refractivity contribution >= 4 is 11.0 Å². The van der Waals surface area contributed by atoms with E-state index in [4.69, 9.17) is 5.73 Å². The third-order valence-electron chi connectivity index (χ3n) is 2.75. The standard InChI is InChI=1S/C11H11N5O/c12-4-10-7(5-13-16-10)6-1-2-8-9(3-6)15-11(17)14-8/h1-3,5H,4,12H2,(H,13,16)(H2,14,15,17). The number of aromatic nitrogens is 4. The van der Waals surface area contributed by atoms with Gasteiger partial charge in [-0.2, -0.15) is 5.10 Å². The number of nitrogens with one attached hydrogen (secondary N) is 3. The van der Waals surface area contributed by atoms with Crippen molar-refractivity contribution in [3.05, 3.63) is 40.6 Å². The van der Waals surface area contributed by atoms with Crippen LogP contribution >= 0.6 is 0 Å². The molecule has 5 N–H and O–H groups in total. The third kappa shape index (κ3) is 1.55. The van der Waals surface area contributed by atoms with Gasteiger partial charge in [-0.25, -0.2) is 4.79 Å². The quantitative estimate of drug-likeness (QED) is 0.520. The summed E-state index contributed by atoms with van der Waals surface area (Å²) in [6.07, 6.45) is 1.73. The smallest absolute Gasteiger partial charge is 0.323 e. The van der Waals surface area contributed by atoms with Crippen LogP contribution in [0.2, 0.25) is 0 Å². The predicted octanol–water partition coefficient (Wildman–Crippen LogP) is 0.705. The normalized spacial score (nSPS) is 11.1. The molecule has 3 aromatic rings. The fourth-order valence-corrected chi connectivity index (χ4v) is 1.92. The molecule has 2 aromatic heterocycles. The van der Waals surface area contributed by atoms with Crippen molar-refractivity contribution in [1.82, 2.24) is 20.2 Å². The number of nitrogens with zero attached hydrogens (tertiary/aromatic N) is 1. The van der Waals surface area contributed by atoms with E-state index < -0.39 is 0 Å². The van der Waals surface area contributed by atoms with Gasteiger partial charge >= 0.3 is 5.69 Å². The molecule has 0 unspecified atom stereocenters. The molecule has 17 heavy (non-hydrogen) atoms. The van der Waals surface area contributed by atoms with Crippen LogP contribution in [0.3, 0.4) is 0 Å². The van der Waals surface area contributed by atoms with Crippen molar-refractivity contribution < 1.29 is 0 Å². The average molecular weight is 229 g/mol. The van der Waals surface area contributed by atoms with Crippen molar-refractivity contribution in [2.75, 3.05) is 0 Å². The summed E-state index contributed by atoms with van der Waals surface area (Å²) < 4.78 is 0. The second-order valence-corrected chi connectivity index (χ2v) is 3.81. The molecule has 0 amide bonds. The first kappa shape index (κ1) is 9.86. The first-order chi connectivity index (χ1) is 8.28. The van der Waals surface area contributed by atoms with Crippen LogP contribution in [0.25, 0.3) is 22.2 Å². The zero-order chi connectivity index (χ0) is 11.8. The molecule has 0 aliphatic carbocycles. The van der Waals surface area contributed by atoms with Gasteiger partial charge < -0.3 is 15.7 Å². The number of rotatable bonds is 2. The highest BCUT2D eigenvalue weighted by Crippen LogP contribution is 2.24. The Labute approximate surface area is 95.9 Å². The number of aromatic amines is 3. The van der Waals surface area contributed by atoms with E-state index in [0.717, 1.165) is 27.9 Å². The summed E-state index contributed by atoms with van der Waals surface area (Å²) in [6.45, 7) is 0.400. The van der Waals surface area contributed by atoms with Gasteiger partial charge in [0.15, 0.2) is 0 Å². The lowest BCUT2D eigenvalue weighted by molar-refractivity contribution is 0.948. The van der Waals surface area contributed by atoms with Gasteiger partial charge in [0, 0.05) is 12.1 Å². The minimum atomic E-state index is -0.205. The molecule has 0 aliphatic rings. The minimum Gasteiger partial charge on any atom is -0.325 e. The highest BCUT2D eigenvalue weighted by molar-refractivity contribution is 5.81. The average Bonchev–Trinajstić information content (AvgIpc) is 2.91. The van der Waals surface area contributed by atoms with Gasteiger partial charge in [0.1, 0.15) is 0 Å². The Hall–Kier alpha value is -2.34. The molecule has 3 rings (SSSR count). The lowest BCUT2D eigenvalue weighted by atomic mass is 10.1. The highest BCUT2D eigenvalue weighted by Gasteiger charge is 2.07. The Morgan fingerprint density at radius 3 is 2.88 bits per heavy atom. The van der Waals surface area contributed by atoms with E-state index in [1.807, 2.05) is 18.2 Å². The van der Waals surface area contributed by atoms with Crippen LogP contribution in [0.5, 0.6) is 0 Å². The van der Waals surface area contributed by atoms with Crippen molar-refractivity contribution in [2.45, 2.75) is 6.54 Å². The predicted molar refractivity (Wildman–Crippen MR) is 64.4 cm³/mol. The molecule has 2 heterocycles. The van der Waals surface area contributed by atoms with Crippen molar-refractivity contribution in [3.63, 3.8) is 0 Å². The summed E-state index contributed by atoms with van der Waals surface area (Å²) in [4.78, 5) is 16.6. The Morgan fingerprint density at radius 1 is 1.24 bits per heavy atom. The van der Waals surface area contributed by atoms with Crippen LogP contribution in [-0.2, 0) is 6.54 Å². The number of nitrogens with two attached hydrogens (primary N) is 1. The first-order valence-corrected chi connectivity index (χ1v) is 5.22. The highest BCUT2D eigenvalue weighted by atomic mass is 16.1. The van der Waals surface area contributed by atoms with Gasteiger partial charge in [-0.1, -0.05) is 6.07 Å². The number of imidazole rings is 1. The maximum absolute atomic E-state index is 11.2. The van der Waals surface area contributed by atoms with Gasteiger partial charge in [-0.3, -0.25) is 5.10 Å². The third-order valence-corrected chi connectivity index (χ3v) is 2.75. The van der Waals surface area contributed by atoms with E-state index in [1.54, 1.807) is 6.20 Å². The van der Waals surface area contributed by atoms with Gasteiger partial charge in [0.25, 0.3) is 0 Å². The van der Waals surface area contributed by atoms with Crippen molar-refractivity contribution in [1.29, 1.82) is 0 Å². The maximum atomic E-state index is 11.2. The Bertz CT molecular complexity index is 721. The van der Waals surface area contributed by atoms with Gasteiger partial charge in [0.05, 0.1) is 22.9 Å². The van der Waals surface area contributed by atoms with Crippen LogP contribution < -0.4 is 11.4 Å². The molecule has 0 fully saturated rings. The zero-order valence-corrected chi connectivity index (χ0v) is 8.95. The second-order valence-electron chi connectivity index (χ2n) is 3.81. The van der Waals surface area contributed by atoms with E-state index in [1.165, 1.54) is 0 Å². The molecule has 0 aliphatic heterocycles. The van der Waals surface area contributed by atoms with Gasteiger partial charge in [-0.15, -0.1) is 0 Å². The molecule has 0 spiro atoms. The van der Waals surface area contributed by atoms with E-state index in [0.29, 0.717) is 6.54 Å². The van der Waals surface area contributed by atoms with Crippen LogP contribution in [0.4, 0.5) is 0 Å². The molecule has 0 atom stereocenters. The summed E-state index contributed by atoms with van der Waals surface area (Å²) in [5.41, 5.74) is 9.78. The summed E-state index contributed by atoms with van der Waals surface area (Å²) in [6, 6.07) is 5.68. The number of hydrogen-bond acceptors (Lipinski definition) is 3. The number of H-pyrrole nitrogens is 3. The minimum absolute atomic E-state index is 0.205. The molecule has 0 radical (unpaired) electrons. The molecular formula is C11H11N5O. The molecule has 6 heteroatoms. The van der Waals surface area contributed by atoms with E-state index in [9.17, 15) is 4.79 Å². The van der Waals surface area contributed by atoms with Crippen molar-refractivity contribution in [2.24, 2.45) is 5.73 Å². The van der Waals surface area contributed by atoms with E-state index >= 15 is 0 Å². The summed E-state index contributed by atoms with van der Waals surface area (Å²) in [7, 11) is 0. The fraction of sp³-hybridized carbons (Fsp3) is 0.0909.